The summed E-state index contributed by atoms with van der Waals surface area (Å²) >= 11 is 0.882. The fourth-order valence-corrected chi connectivity index (χ4v) is 5.59. The number of hydrogen-bond donors (Lipinski definition) is 1. The molecular formula is C18H16FNO4S2. The molecule has 0 radical (unpaired) electrons. The smallest absolute Gasteiger partial charge is 0.349 e. The molecule has 0 bridgehead atoms. The molecule has 0 amide bonds. The molecule has 0 aliphatic rings. The fourth-order valence-electron chi connectivity index (χ4n) is 2.62. The summed E-state index contributed by atoms with van der Waals surface area (Å²) in [4.78, 5) is 11.5. The number of rotatable bonds is 4. The van der Waals surface area contributed by atoms with Crippen molar-refractivity contribution in [2.75, 3.05) is 11.8 Å². The predicted molar refractivity (Wildman–Crippen MR) is 99.8 cm³/mol. The second-order valence-corrected chi connectivity index (χ2v) is 8.39. The predicted octanol–water partition coefficient (Wildman–Crippen LogP) is 4.24. The van der Waals surface area contributed by atoms with E-state index in [-0.39, 0.29) is 10.3 Å². The van der Waals surface area contributed by atoms with E-state index in [0.29, 0.717) is 10.4 Å². The molecule has 1 heterocycles. The Morgan fingerprint density at radius 2 is 1.85 bits per heavy atom. The van der Waals surface area contributed by atoms with Crippen LogP contribution in [-0.2, 0) is 14.8 Å². The maximum absolute atomic E-state index is 14.4. The van der Waals surface area contributed by atoms with Crippen molar-refractivity contribution in [1.29, 1.82) is 0 Å². The Hall–Kier alpha value is -2.45. The minimum atomic E-state index is -4.22. The lowest BCUT2D eigenvalue weighted by Gasteiger charge is -2.13. The third kappa shape index (κ3) is 3.06. The van der Waals surface area contributed by atoms with E-state index in [1.54, 1.807) is 25.1 Å². The van der Waals surface area contributed by atoms with E-state index in [2.05, 4.69) is 4.72 Å². The van der Waals surface area contributed by atoms with Crippen molar-refractivity contribution >= 4 is 43.1 Å². The van der Waals surface area contributed by atoms with E-state index in [1.807, 2.05) is 13.0 Å². The number of nitrogens with one attached hydrogen (secondary N) is 1. The summed E-state index contributed by atoms with van der Waals surface area (Å²) in [5.41, 5.74) is 2.02. The number of thiophene rings is 1. The zero-order valence-electron chi connectivity index (χ0n) is 14.3. The number of fused-ring (bicyclic) bond motifs is 1. The van der Waals surface area contributed by atoms with Gasteiger partial charge in [0.05, 0.1) is 12.8 Å². The van der Waals surface area contributed by atoms with E-state index >= 15 is 0 Å². The molecule has 1 aromatic heterocycles. The summed E-state index contributed by atoms with van der Waals surface area (Å²) in [7, 11) is -3.07. The highest BCUT2D eigenvalue weighted by Gasteiger charge is 2.31. The maximum atomic E-state index is 14.4. The van der Waals surface area contributed by atoms with Crippen LogP contribution in [0.4, 0.5) is 10.1 Å². The standard InChI is InChI=1S/C18H16FNO4S2/c1-10-6-4-8-13(11(10)2)20-26(22,23)17-15-12(19)7-5-9-14(15)25-16(17)18(21)24-3/h4-9,20H,1-3H3. The average molecular weight is 393 g/mol. The van der Waals surface area contributed by atoms with Crippen molar-refractivity contribution in [1.82, 2.24) is 0 Å². The molecule has 0 aliphatic carbocycles. The molecule has 3 rings (SSSR count). The average Bonchev–Trinajstić information content (AvgIpc) is 3.00. The quantitative estimate of drug-likeness (QED) is 0.673. The minimum absolute atomic E-state index is 0.115. The Kier molecular flexibility index (Phi) is 4.72. The van der Waals surface area contributed by atoms with Crippen LogP contribution < -0.4 is 4.72 Å². The number of benzene rings is 2. The number of hydrogen-bond acceptors (Lipinski definition) is 5. The number of sulfonamides is 1. The second kappa shape index (κ2) is 6.69. The van der Waals surface area contributed by atoms with Crippen LogP contribution in [0, 0.1) is 19.7 Å². The van der Waals surface area contributed by atoms with E-state index in [4.69, 9.17) is 4.74 Å². The Morgan fingerprint density at radius 1 is 1.15 bits per heavy atom. The Balaban J connectivity index is 2.25. The first kappa shape index (κ1) is 18.3. The van der Waals surface area contributed by atoms with Crippen molar-refractivity contribution < 1.29 is 22.3 Å². The number of aryl methyl sites for hydroxylation is 1. The van der Waals surface area contributed by atoms with Gasteiger partial charge >= 0.3 is 5.97 Å². The van der Waals surface area contributed by atoms with E-state index in [9.17, 15) is 17.6 Å². The zero-order valence-corrected chi connectivity index (χ0v) is 15.9. The normalized spacial score (nSPS) is 11.5. The lowest BCUT2D eigenvalue weighted by molar-refractivity contribution is 0.0602. The summed E-state index contributed by atoms with van der Waals surface area (Å²) in [5.74, 6) is -1.54. The Labute approximate surface area is 154 Å². The van der Waals surface area contributed by atoms with E-state index in [0.717, 1.165) is 35.6 Å². The largest absolute Gasteiger partial charge is 0.465 e. The molecule has 0 saturated carbocycles. The van der Waals surface area contributed by atoms with Crippen LogP contribution >= 0.6 is 11.3 Å². The third-order valence-electron chi connectivity index (χ3n) is 4.11. The number of carbonyl (C=O) groups excluding carboxylic acids is 1. The topological polar surface area (TPSA) is 72.5 Å². The number of methoxy groups -OCH3 is 1. The van der Waals surface area contributed by atoms with Crippen LogP contribution in [0.5, 0.6) is 0 Å². The molecule has 0 saturated heterocycles. The van der Waals surface area contributed by atoms with Gasteiger partial charge in [0.2, 0.25) is 0 Å². The van der Waals surface area contributed by atoms with E-state index in [1.165, 1.54) is 6.07 Å². The van der Waals surface area contributed by atoms with Crippen LogP contribution in [0.1, 0.15) is 20.8 Å². The van der Waals surface area contributed by atoms with Gasteiger partial charge in [-0.2, -0.15) is 0 Å². The van der Waals surface area contributed by atoms with Crippen LogP contribution in [-0.4, -0.2) is 21.5 Å². The molecule has 136 valence electrons. The number of anilines is 1. The maximum Gasteiger partial charge on any atom is 0.349 e. The molecule has 26 heavy (non-hydrogen) atoms. The highest BCUT2D eigenvalue weighted by atomic mass is 32.2. The number of halogens is 1. The number of ether oxygens (including phenoxy) is 1. The van der Waals surface area contributed by atoms with Gasteiger partial charge in [0.25, 0.3) is 10.0 Å². The van der Waals surface area contributed by atoms with Crippen LogP contribution in [0.25, 0.3) is 10.1 Å². The molecule has 5 nitrogen and oxygen atoms in total. The number of esters is 1. The second-order valence-electron chi connectivity index (χ2n) is 5.72. The first-order valence-electron chi connectivity index (χ1n) is 7.64. The fraction of sp³-hybridized carbons (Fsp3) is 0.167. The monoisotopic (exact) mass is 393 g/mol. The molecule has 1 N–H and O–H groups in total. The lowest BCUT2D eigenvalue weighted by atomic mass is 10.1. The summed E-state index contributed by atoms with van der Waals surface area (Å²) < 4.78 is 48.0. The first-order valence-corrected chi connectivity index (χ1v) is 9.94. The molecule has 0 aliphatic heterocycles. The Bertz CT molecular complexity index is 1120. The highest BCUT2D eigenvalue weighted by Crippen LogP contribution is 2.38. The van der Waals surface area contributed by atoms with Gasteiger partial charge in [0, 0.05) is 10.1 Å². The Morgan fingerprint density at radius 3 is 2.54 bits per heavy atom. The first-order chi connectivity index (χ1) is 12.3. The summed E-state index contributed by atoms with van der Waals surface area (Å²) in [6.07, 6.45) is 0. The molecule has 0 fully saturated rings. The summed E-state index contributed by atoms with van der Waals surface area (Å²) in [6.45, 7) is 3.63. The van der Waals surface area contributed by atoms with Crippen LogP contribution in [0.3, 0.4) is 0 Å². The zero-order chi connectivity index (χ0) is 19.1. The van der Waals surface area contributed by atoms with Gasteiger partial charge in [0.15, 0.2) is 0 Å². The van der Waals surface area contributed by atoms with Crippen LogP contribution in [0.2, 0.25) is 0 Å². The molecule has 3 aromatic rings. The van der Waals surface area contributed by atoms with Gasteiger partial charge in [-0.25, -0.2) is 17.6 Å². The van der Waals surface area contributed by atoms with Gasteiger partial charge in [-0.3, -0.25) is 4.72 Å². The molecular weight excluding hydrogens is 377 g/mol. The third-order valence-corrected chi connectivity index (χ3v) is 6.81. The molecule has 0 unspecified atom stereocenters. The van der Waals surface area contributed by atoms with Gasteiger partial charge in [-0.15, -0.1) is 11.3 Å². The van der Waals surface area contributed by atoms with Gasteiger partial charge in [0.1, 0.15) is 15.6 Å². The van der Waals surface area contributed by atoms with Crippen molar-refractivity contribution in [3.05, 3.63) is 58.2 Å². The van der Waals surface area contributed by atoms with Crippen molar-refractivity contribution in [2.45, 2.75) is 18.7 Å². The molecule has 8 heteroatoms. The van der Waals surface area contributed by atoms with Crippen molar-refractivity contribution in [3.63, 3.8) is 0 Å². The van der Waals surface area contributed by atoms with Gasteiger partial charge < -0.3 is 4.74 Å². The van der Waals surface area contributed by atoms with Crippen molar-refractivity contribution in [3.8, 4) is 0 Å². The minimum Gasteiger partial charge on any atom is -0.465 e. The molecule has 0 atom stereocenters. The summed E-state index contributed by atoms with van der Waals surface area (Å²) in [6, 6.07) is 9.37. The van der Waals surface area contributed by atoms with E-state index < -0.39 is 26.7 Å². The number of carbonyl (C=O) groups is 1. The highest BCUT2D eigenvalue weighted by molar-refractivity contribution is 7.93. The molecule has 0 spiro atoms. The SMILES string of the molecule is COC(=O)c1sc2cccc(F)c2c1S(=O)(=O)Nc1cccc(C)c1C. The van der Waals surface area contributed by atoms with Gasteiger partial charge in [-0.1, -0.05) is 18.2 Å². The summed E-state index contributed by atoms with van der Waals surface area (Å²) in [5, 5.41) is -0.115. The molecule has 2 aromatic carbocycles. The van der Waals surface area contributed by atoms with Crippen LogP contribution in [0.15, 0.2) is 41.3 Å². The van der Waals surface area contributed by atoms with Crippen molar-refractivity contribution in [2.24, 2.45) is 0 Å². The lowest BCUT2D eigenvalue weighted by Crippen LogP contribution is -2.17. The van der Waals surface area contributed by atoms with Gasteiger partial charge in [-0.05, 0) is 43.2 Å².